The minimum Gasteiger partial charge on any atom is -0.332 e. The van der Waals surface area contributed by atoms with Crippen LogP contribution in [0, 0.1) is 0 Å². The van der Waals surface area contributed by atoms with Gasteiger partial charge in [0.05, 0.1) is 0 Å². The number of aromatic nitrogens is 2. The number of carbonyl (C=O) groups is 1. The monoisotopic (exact) mass is 439 g/mol. The molecule has 6 heteroatoms. The van der Waals surface area contributed by atoms with Gasteiger partial charge >= 0.3 is 0 Å². The molecule has 1 amide bonds. The van der Waals surface area contributed by atoms with Crippen LogP contribution >= 0.6 is 15.9 Å². The number of hydrogen-bond donors (Lipinski definition) is 0. The summed E-state index contributed by atoms with van der Waals surface area (Å²) in [6, 6.07) is 15.2. The summed E-state index contributed by atoms with van der Waals surface area (Å²) in [5.41, 5.74) is 3.05. The Kier molecular flexibility index (Phi) is 6.76. The van der Waals surface area contributed by atoms with E-state index in [0.29, 0.717) is 13.1 Å². The molecule has 28 heavy (non-hydrogen) atoms. The lowest BCUT2D eigenvalue weighted by Crippen LogP contribution is -2.35. The smallest absolute Gasteiger partial charge is 0.251 e. The number of benzene rings is 1. The summed E-state index contributed by atoms with van der Waals surface area (Å²) >= 11 is 3.35. The topological polar surface area (TPSA) is 55.2 Å². The zero-order chi connectivity index (χ0) is 19.9. The Morgan fingerprint density at radius 3 is 2.43 bits per heavy atom. The van der Waals surface area contributed by atoms with Crippen molar-refractivity contribution < 1.29 is 4.79 Å². The van der Waals surface area contributed by atoms with Crippen molar-refractivity contribution in [2.24, 2.45) is 0 Å². The minimum absolute atomic E-state index is 0.00835. The number of rotatable bonds is 7. The van der Waals surface area contributed by atoms with Crippen molar-refractivity contribution in [1.82, 2.24) is 14.5 Å². The number of carbonyl (C=O) groups excluding carboxylic acids is 1. The summed E-state index contributed by atoms with van der Waals surface area (Å²) in [6.07, 6.45) is 6.08. The summed E-state index contributed by atoms with van der Waals surface area (Å²) in [6.45, 7) is 3.01. The Labute approximate surface area is 172 Å². The fraction of sp³-hybridized carbons (Fsp3) is 0.227. The molecule has 0 unspecified atom stereocenters. The van der Waals surface area contributed by atoms with Crippen LogP contribution in [0.25, 0.3) is 0 Å². The largest absolute Gasteiger partial charge is 0.332 e. The summed E-state index contributed by atoms with van der Waals surface area (Å²) in [7, 11) is 0. The first-order chi connectivity index (χ1) is 13.5. The first-order valence-corrected chi connectivity index (χ1v) is 9.95. The Balaban J connectivity index is 1.82. The maximum atomic E-state index is 13.0. The second-order valence-corrected chi connectivity index (χ2v) is 7.51. The molecule has 2 heterocycles. The molecule has 0 bridgehead atoms. The van der Waals surface area contributed by atoms with Gasteiger partial charge in [0.25, 0.3) is 5.56 Å². The van der Waals surface area contributed by atoms with Crippen molar-refractivity contribution >= 4 is 21.8 Å². The van der Waals surface area contributed by atoms with E-state index < -0.39 is 0 Å². The van der Waals surface area contributed by atoms with Gasteiger partial charge in [-0.1, -0.05) is 37.3 Å². The first-order valence-electron chi connectivity index (χ1n) is 9.15. The summed E-state index contributed by atoms with van der Waals surface area (Å²) in [5, 5.41) is 0. The number of halogens is 1. The van der Waals surface area contributed by atoms with Crippen LogP contribution in [0.4, 0.5) is 0 Å². The van der Waals surface area contributed by atoms with Gasteiger partial charge < -0.3 is 9.47 Å². The van der Waals surface area contributed by atoms with Gasteiger partial charge in [-0.25, -0.2) is 0 Å². The van der Waals surface area contributed by atoms with Gasteiger partial charge in [0.1, 0.15) is 6.54 Å². The molecule has 0 aliphatic rings. The van der Waals surface area contributed by atoms with Crippen LogP contribution in [0.2, 0.25) is 0 Å². The molecular formula is C22H22BrN3O2. The molecule has 0 aliphatic heterocycles. The van der Waals surface area contributed by atoms with E-state index in [1.54, 1.807) is 29.6 Å². The summed E-state index contributed by atoms with van der Waals surface area (Å²) in [5.74, 6) is -0.122. The number of nitrogens with zero attached hydrogens (tertiary/aromatic N) is 3. The van der Waals surface area contributed by atoms with E-state index >= 15 is 0 Å². The van der Waals surface area contributed by atoms with Crippen LogP contribution in [-0.2, 0) is 30.8 Å². The van der Waals surface area contributed by atoms with Crippen molar-refractivity contribution in [3.8, 4) is 0 Å². The number of aryl methyl sites for hydroxylation is 1. The fourth-order valence-corrected chi connectivity index (χ4v) is 3.30. The predicted octanol–water partition coefficient (Wildman–Crippen LogP) is 3.80. The SMILES string of the molecule is CCc1ccc(CN(Cc2cccnc2)C(=O)Cn2cc(Br)ccc2=O)cc1. The normalized spacial score (nSPS) is 10.6. The van der Waals surface area contributed by atoms with E-state index in [-0.39, 0.29) is 18.0 Å². The molecule has 3 rings (SSSR count). The van der Waals surface area contributed by atoms with Crippen LogP contribution in [0.1, 0.15) is 23.6 Å². The molecule has 0 fully saturated rings. The summed E-state index contributed by atoms with van der Waals surface area (Å²) < 4.78 is 2.18. The van der Waals surface area contributed by atoms with E-state index in [4.69, 9.17) is 0 Å². The van der Waals surface area contributed by atoms with Crippen LogP contribution in [-0.4, -0.2) is 20.4 Å². The van der Waals surface area contributed by atoms with Crippen LogP contribution < -0.4 is 5.56 Å². The molecule has 0 aliphatic carbocycles. The lowest BCUT2D eigenvalue weighted by molar-refractivity contribution is -0.133. The van der Waals surface area contributed by atoms with Crippen molar-refractivity contribution in [3.05, 3.63) is 98.6 Å². The van der Waals surface area contributed by atoms with Crippen LogP contribution in [0.5, 0.6) is 0 Å². The average molecular weight is 440 g/mol. The molecule has 0 saturated carbocycles. The molecule has 2 aromatic heterocycles. The highest BCUT2D eigenvalue weighted by Crippen LogP contribution is 2.13. The quantitative estimate of drug-likeness (QED) is 0.562. The standard InChI is InChI=1S/C22H22BrN3O2/c1-2-17-5-7-18(8-6-17)13-25(14-19-4-3-11-24-12-19)22(28)16-26-15-20(23)9-10-21(26)27/h3-12,15H,2,13-14,16H2,1H3. The zero-order valence-electron chi connectivity index (χ0n) is 15.7. The molecule has 0 saturated heterocycles. The van der Waals surface area contributed by atoms with Gasteiger partial charge in [-0.15, -0.1) is 0 Å². The molecule has 0 atom stereocenters. The molecule has 0 N–H and O–H groups in total. The Morgan fingerprint density at radius 2 is 1.75 bits per heavy atom. The molecule has 3 aromatic rings. The van der Waals surface area contributed by atoms with E-state index in [0.717, 1.165) is 22.0 Å². The Bertz CT molecular complexity index is 985. The second-order valence-electron chi connectivity index (χ2n) is 6.59. The van der Waals surface area contributed by atoms with Gasteiger partial charge in [0, 0.05) is 42.2 Å². The number of pyridine rings is 2. The predicted molar refractivity (Wildman–Crippen MR) is 113 cm³/mol. The Hall–Kier alpha value is -2.73. The highest BCUT2D eigenvalue weighted by Gasteiger charge is 2.16. The number of amides is 1. The lowest BCUT2D eigenvalue weighted by atomic mass is 10.1. The highest BCUT2D eigenvalue weighted by atomic mass is 79.9. The molecule has 1 aromatic carbocycles. The maximum Gasteiger partial charge on any atom is 0.251 e. The third-order valence-corrected chi connectivity index (χ3v) is 4.98. The number of hydrogen-bond acceptors (Lipinski definition) is 3. The van der Waals surface area contributed by atoms with Gasteiger partial charge in [-0.3, -0.25) is 14.6 Å². The van der Waals surface area contributed by atoms with E-state index in [1.807, 2.05) is 24.3 Å². The molecular weight excluding hydrogens is 418 g/mol. The third-order valence-electron chi connectivity index (χ3n) is 4.51. The third kappa shape index (κ3) is 5.39. The minimum atomic E-state index is -0.204. The van der Waals surface area contributed by atoms with Crippen molar-refractivity contribution in [1.29, 1.82) is 0 Å². The molecule has 144 valence electrons. The van der Waals surface area contributed by atoms with Crippen molar-refractivity contribution in [3.63, 3.8) is 0 Å². The van der Waals surface area contributed by atoms with E-state index in [2.05, 4.69) is 40.0 Å². The second kappa shape index (κ2) is 9.46. The van der Waals surface area contributed by atoms with Crippen molar-refractivity contribution in [2.45, 2.75) is 33.0 Å². The van der Waals surface area contributed by atoms with Crippen LogP contribution in [0.3, 0.4) is 0 Å². The molecule has 0 spiro atoms. The maximum absolute atomic E-state index is 13.0. The summed E-state index contributed by atoms with van der Waals surface area (Å²) in [4.78, 5) is 31.0. The van der Waals surface area contributed by atoms with Gasteiger partial charge in [0.15, 0.2) is 0 Å². The van der Waals surface area contributed by atoms with Gasteiger partial charge in [-0.05, 0) is 51.2 Å². The Morgan fingerprint density at radius 1 is 1.04 bits per heavy atom. The van der Waals surface area contributed by atoms with E-state index in [1.165, 1.54) is 16.2 Å². The average Bonchev–Trinajstić information content (AvgIpc) is 2.71. The highest BCUT2D eigenvalue weighted by molar-refractivity contribution is 9.10. The lowest BCUT2D eigenvalue weighted by Gasteiger charge is -2.23. The van der Waals surface area contributed by atoms with Gasteiger partial charge in [-0.2, -0.15) is 0 Å². The van der Waals surface area contributed by atoms with Crippen LogP contribution in [0.15, 0.2) is 76.4 Å². The molecule has 5 nitrogen and oxygen atoms in total. The van der Waals surface area contributed by atoms with Crippen molar-refractivity contribution in [2.75, 3.05) is 0 Å². The first kappa shape index (κ1) is 20.0. The van der Waals surface area contributed by atoms with Gasteiger partial charge in [0.2, 0.25) is 5.91 Å². The fourth-order valence-electron chi connectivity index (χ4n) is 2.92. The van der Waals surface area contributed by atoms with E-state index in [9.17, 15) is 9.59 Å². The zero-order valence-corrected chi connectivity index (χ0v) is 17.3. The molecule has 0 radical (unpaired) electrons.